The van der Waals surface area contributed by atoms with E-state index in [2.05, 4.69) is 10.3 Å². The molecule has 0 aliphatic rings. The zero-order valence-corrected chi connectivity index (χ0v) is 19.9. The van der Waals surface area contributed by atoms with Crippen molar-refractivity contribution in [1.82, 2.24) is 4.98 Å². The van der Waals surface area contributed by atoms with E-state index in [1.807, 2.05) is 0 Å². The Morgan fingerprint density at radius 2 is 1.77 bits per heavy atom. The fourth-order valence-corrected chi connectivity index (χ4v) is 3.32. The van der Waals surface area contributed by atoms with Crippen molar-refractivity contribution in [3.8, 4) is 11.6 Å². The van der Waals surface area contributed by atoms with Crippen LogP contribution in [0.1, 0.15) is 30.7 Å². The minimum absolute atomic E-state index is 0.156. The molecule has 0 aliphatic carbocycles. The van der Waals surface area contributed by atoms with Gasteiger partial charge in [0.05, 0.1) is 22.0 Å². The van der Waals surface area contributed by atoms with Crippen molar-refractivity contribution in [2.75, 3.05) is 5.32 Å². The van der Waals surface area contributed by atoms with Gasteiger partial charge in [0.25, 0.3) is 0 Å². The van der Waals surface area contributed by atoms with Gasteiger partial charge in [-0.2, -0.15) is 13.2 Å². The molecule has 0 fully saturated rings. The third kappa shape index (κ3) is 7.08. The van der Waals surface area contributed by atoms with Gasteiger partial charge in [-0.1, -0.05) is 31.5 Å². The number of benzene rings is 2. The number of rotatable bonds is 8. The van der Waals surface area contributed by atoms with Crippen LogP contribution in [0.2, 0.25) is 5.02 Å². The summed E-state index contributed by atoms with van der Waals surface area (Å²) in [5, 5.41) is 2.71. The largest absolute Gasteiger partial charge is 0.458 e. The van der Waals surface area contributed by atoms with Gasteiger partial charge in [0, 0.05) is 6.07 Å². The van der Waals surface area contributed by atoms with Gasteiger partial charge in [0.2, 0.25) is 5.88 Å². The molecule has 5 nitrogen and oxygen atoms in total. The molecule has 0 aliphatic heterocycles. The summed E-state index contributed by atoms with van der Waals surface area (Å²) >= 11 is 6.02. The Bertz CT molecular complexity index is 1180. The van der Waals surface area contributed by atoms with Crippen LogP contribution in [0.15, 0.2) is 54.6 Å². The second kappa shape index (κ2) is 10.9. The quantitative estimate of drug-likeness (QED) is 0.257. The molecule has 35 heavy (non-hydrogen) atoms. The summed E-state index contributed by atoms with van der Waals surface area (Å²) in [6, 6.07) is 10.8. The van der Waals surface area contributed by atoms with Gasteiger partial charge >= 0.3 is 12.1 Å². The lowest BCUT2D eigenvalue weighted by Crippen LogP contribution is -2.36. The van der Waals surface area contributed by atoms with Gasteiger partial charge < -0.3 is 14.8 Å². The number of anilines is 1. The molecule has 0 bridgehead atoms. The molecule has 1 heterocycles. The van der Waals surface area contributed by atoms with Crippen molar-refractivity contribution in [3.63, 3.8) is 0 Å². The lowest BCUT2D eigenvalue weighted by Gasteiger charge is -2.23. The maximum Gasteiger partial charge on any atom is 0.416 e. The van der Waals surface area contributed by atoms with E-state index in [9.17, 15) is 22.4 Å². The van der Waals surface area contributed by atoms with E-state index in [0.29, 0.717) is 11.4 Å². The third-order valence-corrected chi connectivity index (χ3v) is 5.40. The number of hydrogen-bond acceptors (Lipinski definition) is 5. The highest BCUT2D eigenvalue weighted by molar-refractivity contribution is 6.33. The van der Waals surface area contributed by atoms with E-state index >= 15 is 0 Å². The number of pyridine rings is 1. The predicted octanol–water partition coefficient (Wildman–Crippen LogP) is 7.17. The van der Waals surface area contributed by atoms with Crippen LogP contribution in [-0.4, -0.2) is 17.0 Å². The molecule has 3 rings (SSSR count). The minimum atomic E-state index is -4.53. The van der Waals surface area contributed by atoms with Crippen LogP contribution in [0, 0.1) is 18.7 Å². The molecule has 10 heteroatoms. The monoisotopic (exact) mass is 510 g/mol. The van der Waals surface area contributed by atoms with Crippen LogP contribution >= 0.6 is 11.6 Å². The first kappa shape index (κ1) is 26.3. The van der Waals surface area contributed by atoms with Crippen molar-refractivity contribution in [2.24, 2.45) is 5.92 Å². The Kier molecular flexibility index (Phi) is 8.22. The second-order valence-electron chi connectivity index (χ2n) is 8.14. The number of halogens is 5. The van der Waals surface area contributed by atoms with Crippen molar-refractivity contribution in [3.05, 3.63) is 82.3 Å². The first-order chi connectivity index (χ1) is 16.4. The number of alkyl halides is 3. The van der Waals surface area contributed by atoms with Crippen LogP contribution in [0.25, 0.3) is 0 Å². The summed E-state index contributed by atoms with van der Waals surface area (Å²) in [6.07, 6.45) is -4.53. The summed E-state index contributed by atoms with van der Waals surface area (Å²) in [7, 11) is 0. The molecule has 186 valence electrons. The number of hydrogen-bond donors (Lipinski definition) is 1. The van der Waals surface area contributed by atoms with Gasteiger partial charge in [-0.15, -0.1) is 0 Å². The number of carbonyl (C=O) groups excluding carboxylic acids is 1. The van der Waals surface area contributed by atoms with Crippen LogP contribution in [0.5, 0.6) is 11.6 Å². The molecule has 0 amide bonds. The number of carbonyl (C=O) groups is 1. The number of ether oxygens (including phenoxy) is 2. The first-order valence-electron chi connectivity index (χ1n) is 10.6. The Hall–Kier alpha value is -3.33. The van der Waals surface area contributed by atoms with Crippen LogP contribution in [-0.2, 0) is 22.3 Å². The zero-order chi connectivity index (χ0) is 25.8. The summed E-state index contributed by atoms with van der Waals surface area (Å²) in [5.74, 6) is -0.649. The predicted molar refractivity (Wildman–Crippen MR) is 124 cm³/mol. The van der Waals surface area contributed by atoms with E-state index in [1.165, 1.54) is 30.3 Å². The maximum atomic E-state index is 13.1. The van der Waals surface area contributed by atoms with Crippen molar-refractivity contribution in [1.29, 1.82) is 0 Å². The topological polar surface area (TPSA) is 60.5 Å². The normalized spacial score (nSPS) is 12.4. The molecular formula is C25H23ClF4N2O3. The first-order valence-corrected chi connectivity index (χ1v) is 11.0. The summed E-state index contributed by atoms with van der Waals surface area (Å²) in [4.78, 5) is 17.2. The number of aryl methyl sites for hydroxylation is 1. The highest BCUT2D eigenvalue weighted by Crippen LogP contribution is 2.34. The molecule has 1 N–H and O–H groups in total. The van der Waals surface area contributed by atoms with E-state index in [-0.39, 0.29) is 29.1 Å². The van der Waals surface area contributed by atoms with E-state index in [1.54, 1.807) is 32.9 Å². The summed E-state index contributed by atoms with van der Waals surface area (Å²) in [5.41, 5.74) is 0.498. The Morgan fingerprint density at radius 1 is 1.09 bits per heavy atom. The molecule has 1 aromatic heterocycles. The fourth-order valence-electron chi connectivity index (χ4n) is 3.08. The number of esters is 1. The lowest BCUT2D eigenvalue weighted by atomic mass is 10.0. The van der Waals surface area contributed by atoms with Crippen LogP contribution in [0.4, 0.5) is 23.2 Å². The van der Waals surface area contributed by atoms with E-state index in [0.717, 1.165) is 17.7 Å². The molecule has 0 radical (unpaired) electrons. The van der Waals surface area contributed by atoms with Crippen LogP contribution < -0.4 is 10.1 Å². The molecular weight excluding hydrogens is 488 g/mol. The molecule has 1 unspecified atom stereocenters. The van der Waals surface area contributed by atoms with Crippen LogP contribution in [0.3, 0.4) is 0 Å². The maximum absolute atomic E-state index is 13.1. The summed E-state index contributed by atoms with van der Waals surface area (Å²) in [6.45, 7) is 5.16. The number of nitrogens with one attached hydrogen (secondary N) is 1. The molecule has 0 saturated carbocycles. The van der Waals surface area contributed by atoms with E-state index in [4.69, 9.17) is 21.1 Å². The van der Waals surface area contributed by atoms with E-state index < -0.39 is 29.6 Å². The zero-order valence-electron chi connectivity index (χ0n) is 19.1. The van der Waals surface area contributed by atoms with Gasteiger partial charge in [0.15, 0.2) is 0 Å². The molecule has 0 spiro atoms. The van der Waals surface area contributed by atoms with Gasteiger partial charge in [0.1, 0.15) is 24.2 Å². The second-order valence-corrected chi connectivity index (χ2v) is 8.54. The Morgan fingerprint density at radius 3 is 2.37 bits per heavy atom. The Balaban J connectivity index is 1.69. The van der Waals surface area contributed by atoms with Crippen molar-refractivity contribution in [2.45, 2.75) is 39.6 Å². The fraction of sp³-hybridized carbons (Fsp3) is 0.280. The molecule has 2 aromatic carbocycles. The van der Waals surface area contributed by atoms with Crippen molar-refractivity contribution >= 4 is 23.3 Å². The molecule has 0 saturated heterocycles. The summed E-state index contributed by atoms with van der Waals surface area (Å²) < 4.78 is 62.8. The molecule has 1 atom stereocenters. The Labute approximate surface area is 205 Å². The standard InChI is InChI=1S/C25H23ClF4N2O3/c1-14(2)23(32-20-10-5-16(12-19(20)26)25(28,29)30)24(33)34-13-21-15(3)4-11-22(31-21)35-18-8-6-17(27)7-9-18/h4-12,14,23,32H,13H2,1-3H3. The highest BCUT2D eigenvalue weighted by atomic mass is 35.5. The minimum Gasteiger partial charge on any atom is -0.458 e. The third-order valence-electron chi connectivity index (χ3n) is 5.09. The SMILES string of the molecule is Cc1ccc(Oc2ccc(F)cc2)nc1COC(=O)C(Nc1ccc(C(F)(F)F)cc1Cl)C(C)C. The van der Waals surface area contributed by atoms with Gasteiger partial charge in [-0.25, -0.2) is 14.2 Å². The number of aromatic nitrogens is 1. The van der Waals surface area contributed by atoms with Crippen molar-refractivity contribution < 1.29 is 31.8 Å². The van der Waals surface area contributed by atoms with Gasteiger partial charge in [-0.05, 0) is 60.9 Å². The highest BCUT2D eigenvalue weighted by Gasteiger charge is 2.31. The smallest absolute Gasteiger partial charge is 0.416 e. The lowest BCUT2D eigenvalue weighted by molar-refractivity contribution is -0.147. The average molecular weight is 511 g/mol. The average Bonchev–Trinajstić information content (AvgIpc) is 2.79. The number of nitrogens with zero attached hydrogens (tertiary/aromatic N) is 1. The molecule has 3 aromatic rings. The van der Waals surface area contributed by atoms with Gasteiger partial charge in [-0.3, -0.25) is 0 Å².